The van der Waals surface area contributed by atoms with Gasteiger partial charge in [-0.15, -0.1) is 5.11 Å². The number of rotatable bonds is 10. The number of aromatic nitrogens is 1. The van der Waals surface area contributed by atoms with Crippen LogP contribution in [0, 0.1) is 12.3 Å². The molecule has 11 heteroatoms. The maximum atomic E-state index is 13.2. The first-order chi connectivity index (χ1) is 20.0. The maximum absolute atomic E-state index is 13.2. The summed E-state index contributed by atoms with van der Waals surface area (Å²) in [7, 11) is 0. The number of nitrogens with two attached hydrogens (primary N) is 1. The molecular formula is C31H33N5O6. The number of pyridine rings is 1. The van der Waals surface area contributed by atoms with E-state index in [1.165, 1.54) is 6.92 Å². The number of nitrogens with one attached hydrogen (secondary N) is 1. The summed E-state index contributed by atoms with van der Waals surface area (Å²) >= 11 is 0. The highest BCUT2D eigenvalue weighted by molar-refractivity contribution is 6.02. The molecule has 2 aromatic heterocycles. The van der Waals surface area contributed by atoms with Crippen LogP contribution >= 0.6 is 0 Å². The van der Waals surface area contributed by atoms with Gasteiger partial charge in [-0.3, -0.25) is 10.4 Å². The van der Waals surface area contributed by atoms with E-state index in [9.17, 15) is 14.7 Å². The Hall–Kier alpha value is -4.90. The molecule has 0 spiro atoms. The number of hydrogen-bond acceptors (Lipinski definition) is 9. The number of ether oxygens (including phenoxy) is 1. The van der Waals surface area contributed by atoms with E-state index in [1.54, 1.807) is 26.0 Å². The lowest BCUT2D eigenvalue weighted by molar-refractivity contribution is 0.0405. The van der Waals surface area contributed by atoms with Crippen molar-refractivity contribution in [3.05, 3.63) is 110 Å². The minimum atomic E-state index is -1.42. The number of aliphatic hydroxyl groups is 1. The maximum Gasteiger partial charge on any atom is 0.519 e. The van der Waals surface area contributed by atoms with Crippen molar-refractivity contribution in [3.63, 3.8) is 0 Å². The van der Waals surface area contributed by atoms with Crippen LogP contribution < -0.4 is 11.7 Å². The van der Waals surface area contributed by atoms with E-state index in [4.69, 9.17) is 29.8 Å². The number of carbonyl (C=O) groups excluding carboxylic acids is 1. The van der Waals surface area contributed by atoms with Crippen molar-refractivity contribution in [2.45, 2.75) is 59.2 Å². The summed E-state index contributed by atoms with van der Waals surface area (Å²) in [4.78, 5) is 29.4. The van der Waals surface area contributed by atoms with E-state index in [-0.39, 0.29) is 35.2 Å². The summed E-state index contributed by atoms with van der Waals surface area (Å²) in [6, 6.07) is 17.0. The fourth-order valence-corrected chi connectivity index (χ4v) is 4.61. The third-order valence-corrected chi connectivity index (χ3v) is 6.65. The normalized spacial score (nSPS) is 11.6. The second kappa shape index (κ2) is 12.7. The van der Waals surface area contributed by atoms with Crippen molar-refractivity contribution in [1.82, 2.24) is 4.98 Å². The van der Waals surface area contributed by atoms with Crippen LogP contribution in [0.4, 0.5) is 0 Å². The molecule has 2 aromatic carbocycles. The van der Waals surface area contributed by atoms with E-state index < -0.39 is 17.4 Å². The molecule has 0 amide bonds. The zero-order valence-electron chi connectivity index (χ0n) is 23.9. The average molecular weight is 572 g/mol. The van der Waals surface area contributed by atoms with Gasteiger partial charge in [0.2, 0.25) is 0 Å². The Morgan fingerprint density at radius 1 is 1.12 bits per heavy atom. The van der Waals surface area contributed by atoms with Gasteiger partial charge in [-0.1, -0.05) is 67.1 Å². The lowest BCUT2D eigenvalue weighted by Gasteiger charge is -2.22. The molecule has 42 heavy (non-hydrogen) atoms. The minimum Gasteiger partial charge on any atom is -0.454 e. The van der Waals surface area contributed by atoms with Gasteiger partial charge < -0.3 is 24.5 Å². The molecule has 4 aromatic rings. The molecule has 0 fully saturated rings. The van der Waals surface area contributed by atoms with E-state index in [0.29, 0.717) is 18.4 Å². The smallest absolute Gasteiger partial charge is 0.454 e. The molecule has 0 aliphatic heterocycles. The van der Waals surface area contributed by atoms with E-state index >= 15 is 0 Å². The van der Waals surface area contributed by atoms with Gasteiger partial charge in [-0.2, -0.15) is 0 Å². The zero-order valence-corrected chi connectivity index (χ0v) is 23.9. The number of carbonyl (C=O) groups is 1. The van der Waals surface area contributed by atoms with Crippen LogP contribution in [-0.4, -0.2) is 21.9 Å². The average Bonchev–Trinajstić information content (AvgIpc) is 3.28. The Labute approximate surface area is 242 Å². The topological polar surface area (TPSA) is 177 Å². The van der Waals surface area contributed by atoms with Crippen molar-refractivity contribution in [3.8, 4) is 11.1 Å². The van der Waals surface area contributed by atoms with Crippen LogP contribution in [0.25, 0.3) is 11.1 Å². The van der Waals surface area contributed by atoms with Gasteiger partial charge in [0.25, 0.3) is 0 Å². The van der Waals surface area contributed by atoms with Gasteiger partial charge in [-0.05, 0) is 61.9 Å². The molecule has 11 nitrogen and oxygen atoms in total. The first kappa shape index (κ1) is 30.1. The first-order valence-corrected chi connectivity index (χ1v) is 13.4. The molecule has 4 N–H and O–H groups in total. The molecule has 218 valence electrons. The quantitative estimate of drug-likeness (QED) is 0.0567. The van der Waals surface area contributed by atoms with Gasteiger partial charge in [0.1, 0.15) is 5.60 Å². The third-order valence-electron chi connectivity index (χ3n) is 6.65. The number of aryl methyl sites for hydroxylation is 2. The number of nitrogens with zero attached hydrogens (tertiary/aromatic N) is 3. The molecule has 0 radical (unpaired) electrons. The number of hydrogen-bond donors (Lipinski definition) is 3. The second-order valence-corrected chi connectivity index (χ2v) is 10.3. The Bertz CT molecular complexity index is 1680. The van der Waals surface area contributed by atoms with Crippen molar-refractivity contribution in [1.29, 1.82) is 5.41 Å². The van der Waals surface area contributed by atoms with Gasteiger partial charge in [-0.25, -0.2) is 9.59 Å². The standard InChI is InChI=1S/C31H33N5O6/c1-5-8-25-21(15-19-11-13-20(14-12-19)22-9-6-7-10-23(22)28(32)35-36-33)16-24(27(34-25)31(3,4)39)29(37)40-17-26-18(2)41-30(38)42-26/h6-7,9-14,16,39H,5,8,15,17H2,1-4H3,(H3,32,33,35). The summed E-state index contributed by atoms with van der Waals surface area (Å²) < 4.78 is 15.2. The predicted octanol–water partition coefficient (Wildman–Crippen LogP) is 5.38. The minimum absolute atomic E-state index is 0.0381. The van der Waals surface area contributed by atoms with Crippen LogP contribution in [0.15, 0.2) is 78.6 Å². The molecule has 0 aliphatic rings. The van der Waals surface area contributed by atoms with Crippen molar-refractivity contribution < 1.29 is 23.5 Å². The lowest BCUT2D eigenvalue weighted by atomic mass is 9.92. The summed E-state index contributed by atoms with van der Waals surface area (Å²) in [5.74, 6) is 3.85. The molecule has 4 rings (SSSR count). The van der Waals surface area contributed by atoms with Crippen molar-refractivity contribution in [2.75, 3.05) is 0 Å². The monoisotopic (exact) mass is 571 g/mol. The van der Waals surface area contributed by atoms with Crippen molar-refractivity contribution in [2.24, 2.45) is 16.2 Å². The molecule has 0 saturated heterocycles. The molecule has 0 aliphatic carbocycles. The summed E-state index contributed by atoms with van der Waals surface area (Å²) in [6.07, 6.45) is 1.94. The van der Waals surface area contributed by atoms with Gasteiger partial charge in [0, 0.05) is 11.3 Å². The van der Waals surface area contributed by atoms with Crippen LogP contribution in [0.5, 0.6) is 0 Å². The van der Waals surface area contributed by atoms with Crippen LogP contribution in [0.2, 0.25) is 0 Å². The summed E-state index contributed by atoms with van der Waals surface area (Å²) in [5.41, 5.74) is 3.79. The largest absolute Gasteiger partial charge is 0.519 e. The Balaban J connectivity index is 1.67. The van der Waals surface area contributed by atoms with Crippen molar-refractivity contribution >= 4 is 11.8 Å². The molecule has 0 atom stereocenters. The molecule has 0 saturated carbocycles. The Morgan fingerprint density at radius 3 is 2.45 bits per heavy atom. The highest BCUT2D eigenvalue weighted by Gasteiger charge is 2.29. The summed E-state index contributed by atoms with van der Waals surface area (Å²) in [6.45, 7) is 6.39. The Kier molecular flexibility index (Phi) is 9.12. The second-order valence-electron chi connectivity index (χ2n) is 10.3. The van der Waals surface area contributed by atoms with Gasteiger partial charge in [0.15, 0.2) is 24.0 Å². The lowest BCUT2D eigenvalue weighted by Crippen LogP contribution is -2.25. The zero-order chi connectivity index (χ0) is 30.4. The molecule has 0 bridgehead atoms. The van der Waals surface area contributed by atoms with E-state index in [1.807, 2.05) is 49.4 Å². The van der Waals surface area contributed by atoms with E-state index in [2.05, 4.69) is 10.3 Å². The molecule has 2 heterocycles. The molecule has 0 unspecified atom stereocenters. The first-order valence-electron chi connectivity index (χ1n) is 13.4. The van der Waals surface area contributed by atoms with Crippen LogP contribution in [-0.2, 0) is 29.8 Å². The summed E-state index contributed by atoms with van der Waals surface area (Å²) in [5, 5.41) is 25.9. The van der Waals surface area contributed by atoms with Gasteiger partial charge >= 0.3 is 11.8 Å². The number of amidine groups is 1. The highest BCUT2D eigenvalue weighted by atomic mass is 16.6. The fourth-order valence-electron chi connectivity index (χ4n) is 4.61. The van der Waals surface area contributed by atoms with Crippen LogP contribution in [0.3, 0.4) is 0 Å². The van der Waals surface area contributed by atoms with Gasteiger partial charge in [0.05, 0.1) is 11.3 Å². The highest BCUT2D eigenvalue weighted by Crippen LogP contribution is 2.29. The third kappa shape index (κ3) is 6.87. The molecular weight excluding hydrogens is 538 g/mol. The fraction of sp³-hybridized carbons (Fsp3) is 0.290. The number of esters is 1. The number of benzene rings is 2. The van der Waals surface area contributed by atoms with E-state index in [0.717, 1.165) is 34.4 Å². The Morgan fingerprint density at radius 2 is 1.83 bits per heavy atom. The predicted molar refractivity (Wildman–Crippen MR) is 155 cm³/mol. The SMILES string of the molecule is CCCc1nc(C(C)(C)O)c(C(=O)OCc2oc(=O)oc2C)cc1Cc1ccc(-c2ccccc2C(=N)N=NN)cc1. The van der Waals surface area contributed by atoms with Crippen LogP contribution in [0.1, 0.15) is 77.1 Å².